The van der Waals surface area contributed by atoms with Crippen LogP contribution in [-0.2, 0) is 16.0 Å². The maximum Gasteiger partial charge on any atom is 0.329 e. The minimum Gasteiger partial charge on any atom is -0.480 e. The monoisotopic (exact) mass is 296 g/mol. The fourth-order valence-electron chi connectivity index (χ4n) is 2.58. The Labute approximate surface area is 122 Å². The summed E-state index contributed by atoms with van der Waals surface area (Å²) in [7, 11) is 0. The Hall–Kier alpha value is -1.43. The van der Waals surface area contributed by atoms with Gasteiger partial charge in [-0.25, -0.2) is 9.78 Å². The number of hydrogen-bond acceptors (Lipinski definition) is 4. The summed E-state index contributed by atoms with van der Waals surface area (Å²) in [5, 5.41) is 14.1. The van der Waals surface area contributed by atoms with Crippen molar-refractivity contribution in [1.29, 1.82) is 0 Å². The molecule has 110 valence electrons. The Morgan fingerprint density at radius 2 is 2.20 bits per heavy atom. The van der Waals surface area contributed by atoms with Gasteiger partial charge in [0.05, 0.1) is 11.2 Å². The molecule has 0 radical (unpaired) electrons. The first-order valence-corrected chi connectivity index (χ1v) is 7.87. The van der Waals surface area contributed by atoms with Gasteiger partial charge in [-0.05, 0) is 38.0 Å². The third kappa shape index (κ3) is 3.56. The smallest absolute Gasteiger partial charge is 0.329 e. The predicted molar refractivity (Wildman–Crippen MR) is 76.6 cm³/mol. The highest BCUT2D eigenvalue weighted by molar-refractivity contribution is 7.07. The van der Waals surface area contributed by atoms with Crippen LogP contribution in [0.5, 0.6) is 0 Å². The Bertz CT molecular complexity index is 465. The molecule has 1 aromatic heterocycles. The second-order valence-corrected chi connectivity index (χ2v) is 6.32. The van der Waals surface area contributed by atoms with E-state index in [1.54, 1.807) is 5.51 Å². The standard InChI is InChI=1S/C14H20N2O3S/c1-10-4-6-14(7-5-10,13(18)19)16-12(17)3-2-11-8-20-9-15-11/h8-10H,2-7H2,1H3,(H,16,17)(H,18,19). The van der Waals surface area contributed by atoms with Crippen molar-refractivity contribution in [2.45, 2.75) is 51.0 Å². The molecule has 5 nitrogen and oxygen atoms in total. The van der Waals surface area contributed by atoms with Gasteiger partial charge in [-0.1, -0.05) is 6.92 Å². The zero-order valence-corrected chi connectivity index (χ0v) is 12.4. The SMILES string of the molecule is CC1CCC(NC(=O)CCc2cscn2)(C(=O)O)CC1. The molecule has 0 atom stereocenters. The van der Waals surface area contributed by atoms with Crippen molar-refractivity contribution in [3.63, 3.8) is 0 Å². The summed E-state index contributed by atoms with van der Waals surface area (Å²) in [5.41, 5.74) is 1.55. The van der Waals surface area contributed by atoms with E-state index in [0.29, 0.717) is 25.2 Å². The van der Waals surface area contributed by atoms with Crippen molar-refractivity contribution in [3.05, 3.63) is 16.6 Å². The van der Waals surface area contributed by atoms with Crippen molar-refractivity contribution in [2.75, 3.05) is 0 Å². The van der Waals surface area contributed by atoms with Crippen LogP contribution in [0, 0.1) is 5.92 Å². The van der Waals surface area contributed by atoms with E-state index in [4.69, 9.17) is 0 Å². The Morgan fingerprint density at radius 1 is 1.50 bits per heavy atom. The second kappa shape index (κ2) is 6.35. The number of hydrogen-bond donors (Lipinski definition) is 2. The second-order valence-electron chi connectivity index (χ2n) is 5.60. The number of aromatic nitrogens is 1. The third-order valence-corrected chi connectivity index (χ3v) is 4.64. The fourth-order valence-corrected chi connectivity index (χ4v) is 3.17. The van der Waals surface area contributed by atoms with Crippen molar-refractivity contribution in [3.8, 4) is 0 Å². The van der Waals surface area contributed by atoms with Crippen LogP contribution in [0.2, 0.25) is 0 Å². The Balaban J connectivity index is 1.91. The molecule has 0 bridgehead atoms. The molecule has 1 heterocycles. The van der Waals surface area contributed by atoms with Crippen molar-refractivity contribution >= 4 is 23.2 Å². The first-order chi connectivity index (χ1) is 9.52. The van der Waals surface area contributed by atoms with Crippen LogP contribution < -0.4 is 5.32 Å². The topological polar surface area (TPSA) is 79.3 Å². The molecule has 6 heteroatoms. The summed E-state index contributed by atoms with van der Waals surface area (Å²) in [5.74, 6) is -0.573. The van der Waals surface area contributed by atoms with Gasteiger partial charge in [0.2, 0.25) is 5.91 Å². The van der Waals surface area contributed by atoms with E-state index in [9.17, 15) is 14.7 Å². The lowest BCUT2D eigenvalue weighted by Crippen LogP contribution is -2.56. The molecule has 0 saturated heterocycles. The highest BCUT2D eigenvalue weighted by Gasteiger charge is 2.42. The van der Waals surface area contributed by atoms with Crippen LogP contribution in [0.4, 0.5) is 0 Å². The number of carbonyl (C=O) groups is 2. The van der Waals surface area contributed by atoms with Gasteiger partial charge < -0.3 is 10.4 Å². The van der Waals surface area contributed by atoms with E-state index in [0.717, 1.165) is 18.5 Å². The molecule has 1 aliphatic carbocycles. The van der Waals surface area contributed by atoms with E-state index in [2.05, 4.69) is 17.2 Å². The van der Waals surface area contributed by atoms with Gasteiger partial charge >= 0.3 is 5.97 Å². The summed E-state index contributed by atoms with van der Waals surface area (Å²) in [4.78, 5) is 27.6. The van der Waals surface area contributed by atoms with Crippen LogP contribution in [0.15, 0.2) is 10.9 Å². The quantitative estimate of drug-likeness (QED) is 0.873. The van der Waals surface area contributed by atoms with Crippen molar-refractivity contribution in [1.82, 2.24) is 10.3 Å². The summed E-state index contributed by atoms with van der Waals surface area (Å²) >= 11 is 1.49. The predicted octanol–water partition coefficient (Wildman–Crippen LogP) is 2.23. The van der Waals surface area contributed by atoms with Crippen LogP contribution in [0.3, 0.4) is 0 Å². The van der Waals surface area contributed by atoms with E-state index in [1.807, 2.05) is 5.38 Å². The number of amides is 1. The number of carboxylic acids is 1. The van der Waals surface area contributed by atoms with Crippen LogP contribution in [0.1, 0.15) is 44.7 Å². The lowest BCUT2D eigenvalue weighted by molar-refractivity contribution is -0.149. The maximum absolute atomic E-state index is 12.0. The molecular formula is C14H20N2O3S. The minimum atomic E-state index is -1.06. The summed E-state index contributed by atoms with van der Waals surface area (Å²) in [6.45, 7) is 2.12. The number of rotatable bonds is 5. The highest BCUT2D eigenvalue weighted by atomic mass is 32.1. The van der Waals surface area contributed by atoms with E-state index in [-0.39, 0.29) is 12.3 Å². The molecule has 20 heavy (non-hydrogen) atoms. The average molecular weight is 296 g/mol. The van der Waals surface area contributed by atoms with Gasteiger partial charge in [0.15, 0.2) is 0 Å². The van der Waals surface area contributed by atoms with E-state index in [1.165, 1.54) is 11.3 Å². The van der Waals surface area contributed by atoms with Crippen molar-refractivity contribution in [2.24, 2.45) is 5.92 Å². The van der Waals surface area contributed by atoms with Crippen LogP contribution in [0.25, 0.3) is 0 Å². The van der Waals surface area contributed by atoms with Gasteiger partial charge in [-0.2, -0.15) is 0 Å². The number of nitrogens with one attached hydrogen (secondary N) is 1. The minimum absolute atomic E-state index is 0.199. The summed E-state index contributed by atoms with van der Waals surface area (Å²) in [6.07, 6.45) is 3.57. The van der Waals surface area contributed by atoms with Gasteiger partial charge in [0.25, 0.3) is 0 Å². The molecule has 1 aromatic rings. The lowest BCUT2D eigenvalue weighted by Gasteiger charge is -2.36. The Morgan fingerprint density at radius 3 is 2.75 bits per heavy atom. The molecule has 1 aliphatic rings. The molecule has 1 fully saturated rings. The molecule has 0 aliphatic heterocycles. The fraction of sp³-hybridized carbons (Fsp3) is 0.643. The first-order valence-electron chi connectivity index (χ1n) is 6.93. The molecule has 0 aromatic carbocycles. The Kier molecular flexibility index (Phi) is 4.75. The highest BCUT2D eigenvalue weighted by Crippen LogP contribution is 2.32. The number of nitrogens with zero attached hydrogens (tertiary/aromatic N) is 1. The molecule has 1 amide bonds. The first kappa shape index (κ1) is 15.0. The van der Waals surface area contributed by atoms with Gasteiger partial charge in [-0.15, -0.1) is 11.3 Å². The number of carboxylic acid groups (broad SMARTS) is 1. The molecule has 0 spiro atoms. The molecular weight excluding hydrogens is 276 g/mol. The zero-order valence-electron chi connectivity index (χ0n) is 11.6. The average Bonchev–Trinajstić information content (AvgIpc) is 2.92. The van der Waals surface area contributed by atoms with Gasteiger partial charge in [0, 0.05) is 11.8 Å². The van der Waals surface area contributed by atoms with Crippen LogP contribution >= 0.6 is 11.3 Å². The normalized spacial score (nSPS) is 26.1. The lowest BCUT2D eigenvalue weighted by atomic mass is 9.77. The molecule has 2 N–H and O–H groups in total. The number of aliphatic carboxylic acids is 1. The summed E-state index contributed by atoms with van der Waals surface area (Å²) < 4.78 is 0. The number of aryl methyl sites for hydroxylation is 1. The van der Waals surface area contributed by atoms with E-state index >= 15 is 0 Å². The maximum atomic E-state index is 12.0. The van der Waals surface area contributed by atoms with E-state index < -0.39 is 11.5 Å². The van der Waals surface area contributed by atoms with Gasteiger partial charge in [0.1, 0.15) is 5.54 Å². The van der Waals surface area contributed by atoms with Gasteiger partial charge in [-0.3, -0.25) is 4.79 Å². The molecule has 1 saturated carbocycles. The molecule has 2 rings (SSSR count). The number of thiazole rings is 1. The van der Waals surface area contributed by atoms with Crippen molar-refractivity contribution < 1.29 is 14.7 Å². The number of carbonyl (C=O) groups excluding carboxylic acids is 1. The summed E-state index contributed by atoms with van der Waals surface area (Å²) in [6, 6.07) is 0. The molecule has 0 unspecified atom stereocenters. The zero-order chi connectivity index (χ0) is 14.6. The largest absolute Gasteiger partial charge is 0.480 e. The third-order valence-electron chi connectivity index (χ3n) is 4.01. The van der Waals surface area contributed by atoms with Crippen LogP contribution in [-0.4, -0.2) is 27.5 Å².